The van der Waals surface area contributed by atoms with E-state index in [0.717, 1.165) is 25.7 Å². The first-order chi connectivity index (χ1) is 4.31. The lowest BCUT2D eigenvalue weighted by Gasteiger charge is -2.04. The van der Waals surface area contributed by atoms with Gasteiger partial charge in [-0.3, -0.25) is 5.26 Å². The molecule has 3 nitrogen and oxygen atoms in total. The van der Waals surface area contributed by atoms with Crippen molar-refractivity contribution in [2.45, 2.75) is 38.8 Å². The monoisotopic (exact) mass is 133 g/mol. The van der Waals surface area contributed by atoms with Gasteiger partial charge in [0, 0.05) is 0 Å². The number of nitrogens with two attached hydrogens (primary N) is 1. The van der Waals surface area contributed by atoms with E-state index in [1.54, 1.807) is 0 Å². The Bertz CT molecular complexity index is 59.0. The molecule has 9 heavy (non-hydrogen) atoms. The topological polar surface area (TPSA) is 55.5 Å². The van der Waals surface area contributed by atoms with Gasteiger partial charge < -0.3 is 5.73 Å². The molecule has 1 unspecified atom stereocenters. The summed E-state index contributed by atoms with van der Waals surface area (Å²) in [5, 5.41) is 8.01. The fraction of sp³-hybridized carbons (Fsp3) is 1.00. The Kier molecular flexibility index (Phi) is 5.93. The lowest BCUT2D eigenvalue weighted by molar-refractivity contribution is -0.278. The van der Waals surface area contributed by atoms with Crippen molar-refractivity contribution in [1.82, 2.24) is 0 Å². The lowest BCUT2D eigenvalue weighted by atomic mass is 10.2. The second-order valence-corrected chi connectivity index (χ2v) is 2.14. The third kappa shape index (κ3) is 5.76. The maximum atomic E-state index is 8.01. The van der Waals surface area contributed by atoms with Gasteiger partial charge in [-0.2, -0.15) is 0 Å². The van der Waals surface area contributed by atoms with E-state index < -0.39 is 6.23 Å². The van der Waals surface area contributed by atoms with Gasteiger partial charge in [0.15, 0.2) is 0 Å². The van der Waals surface area contributed by atoms with Crippen molar-refractivity contribution in [3.8, 4) is 0 Å². The van der Waals surface area contributed by atoms with Crippen molar-refractivity contribution in [3.63, 3.8) is 0 Å². The molecule has 3 heteroatoms. The Morgan fingerprint density at radius 2 is 2.22 bits per heavy atom. The lowest BCUT2D eigenvalue weighted by Crippen LogP contribution is -2.21. The first-order valence-corrected chi connectivity index (χ1v) is 3.37. The highest BCUT2D eigenvalue weighted by Crippen LogP contribution is 2.00. The third-order valence-electron chi connectivity index (χ3n) is 1.23. The fourth-order valence-electron chi connectivity index (χ4n) is 0.648. The van der Waals surface area contributed by atoms with Crippen LogP contribution in [0.1, 0.15) is 32.6 Å². The van der Waals surface area contributed by atoms with Gasteiger partial charge in [-0.25, -0.2) is 4.89 Å². The molecule has 0 aliphatic rings. The molecule has 0 radical (unpaired) electrons. The summed E-state index contributed by atoms with van der Waals surface area (Å²) in [7, 11) is 0. The highest BCUT2D eigenvalue weighted by atomic mass is 17.1. The van der Waals surface area contributed by atoms with Gasteiger partial charge in [-0.1, -0.05) is 19.8 Å². The zero-order chi connectivity index (χ0) is 7.11. The number of rotatable bonds is 5. The minimum atomic E-state index is -0.489. The SMILES string of the molecule is CCCCCC(N)OO. The van der Waals surface area contributed by atoms with Gasteiger partial charge in [0.05, 0.1) is 0 Å². The van der Waals surface area contributed by atoms with Crippen molar-refractivity contribution in [2.75, 3.05) is 0 Å². The van der Waals surface area contributed by atoms with E-state index in [4.69, 9.17) is 11.0 Å². The van der Waals surface area contributed by atoms with Gasteiger partial charge in [-0.15, -0.1) is 0 Å². The van der Waals surface area contributed by atoms with Crippen LogP contribution in [0, 0.1) is 0 Å². The maximum absolute atomic E-state index is 8.01. The smallest absolute Gasteiger partial charge is 0.141 e. The van der Waals surface area contributed by atoms with Crippen LogP contribution >= 0.6 is 0 Å². The van der Waals surface area contributed by atoms with Crippen molar-refractivity contribution in [3.05, 3.63) is 0 Å². The first-order valence-electron chi connectivity index (χ1n) is 3.37. The summed E-state index contributed by atoms with van der Waals surface area (Å²) in [5.41, 5.74) is 5.24. The summed E-state index contributed by atoms with van der Waals surface area (Å²) in [5.74, 6) is 0. The van der Waals surface area contributed by atoms with Crippen LogP contribution in [0.5, 0.6) is 0 Å². The summed E-state index contributed by atoms with van der Waals surface area (Å²) >= 11 is 0. The van der Waals surface area contributed by atoms with Crippen LogP contribution in [0.25, 0.3) is 0 Å². The highest BCUT2D eigenvalue weighted by molar-refractivity contribution is 4.45. The van der Waals surface area contributed by atoms with Crippen molar-refractivity contribution >= 4 is 0 Å². The summed E-state index contributed by atoms with van der Waals surface area (Å²) in [6, 6.07) is 0. The first kappa shape index (κ1) is 8.88. The van der Waals surface area contributed by atoms with E-state index in [9.17, 15) is 0 Å². The van der Waals surface area contributed by atoms with E-state index in [2.05, 4.69) is 11.8 Å². The van der Waals surface area contributed by atoms with Gasteiger partial charge in [0.2, 0.25) is 0 Å². The normalized spacial score (nSPS) is 13.7. The number of hydrogen-bond donors (Lipinski definition) is 2. The Morgan fingerprint density at radius 3 is 2.67 bits per heavy atom. The summed E-state index contributed by atoms with van der Waals surface area (Å²) in [4.78, 5) is 3.87. The average molecular weight is 133 g/mol. The average Bonchev–Trinajstić information content (AvgIpc) is 1.89. The molecule has 0 fully saturated rings. The third-order valence-corrected chi connectivity index (χ3v) is 1.23. The van der Waals surface area contributed by atoms with E-state index in [1.165, 1.54) is 0 Å². The second kappa shape index (κ2) is 6.01. The van der Waals surface area contributed by atoms with Crippen LogP contribution in [0.3, 0.4) is 0 Å². The molecule has 0 saturated heterocycles. The van der Waals surface area contributed by atoms with Crippen LogP contribution in [0.4, 0.5) is 0 Å². The van der Waals surface area contributed by atoms with Crippen LogP contribution in [0.2, 0.25) is 0 Å². The fourth-order valence-corrected chi connectivity index (χ4v) is 0.648. The Hall–Kier alpha value is -0.120. The Balaban J connectivity index is 2.88. The number of unbranched alkanes of at least 4 members (excludes halogenated alkanes) is 2. The van der Waals surface area contributed by atoms with E-state index in [1.807, 2.05) is 0 Å². The quantitative estimate of drug-likeness (QED) is 0.257. The molecule has 0 amide bonds. The predicted molar refractivity (Wildman–Crippen MR) is 35.8 cm³/mol. The molecule has 0 aromatic rings. The van der Waals surface area contributed by atoms with E-state index in [-0.39, 0.29) is 0 Å². The van der Waals surface area contributed by atoms with Gasteiger partial charge in [0.1, 0.15) is 6.23 Å². The molecular formula is C6H15NO2. The molecule has 0 saturated carbocycles. The van der Waals surface area contributed by atoms with Crippen molar-refractivity contribution in [2.24, 2.45) is 5.73 Å². The van der Waals surface area contributed by atoms with Gasteiger partial charge in [-0.05, 0) is 12.8 Å². The molecule has 0 aromatic carbocycles. The molecule has 3 N–H and O–H groups in total. The summed E-state index contributed by atoms with van der Waals surface area (Å²) in [6.07, 6.45) is 3.59. The molecule has 1 atom stereocenters. The molecule has 0 rings (SSSR count). The molecule has 0 aliphatic heterocycles. The van der Waals surface area contributed by atoms with Gasteiger partial charge in [0.25, 0.3) is 0 Å². The van der Waals surface area contributed by atoms with Crippen molar-refractivity contribution in [1.29, 1.82) is 0 Å². The molecule has 0 bridgehead atoms. The number of hydrogen-bond acceptors (Lipinski definition) is 3. The molecule has 56 valence electrons. The maximum Gasteiger partial charge on any atom is 0.141 e. The Morgan fingerprint density at radius 1 is 1.56 bits per heavy atom. The minimum absolute atomic E-state index is 0.489. The Labute approximate surface area is 55.7 Å². The predicted octanol–water partition coefficient (Wildman–Crippen LogP) is 1.34. The standard InChI is InChI=1S/C6H15NO2/c1-2-3-4-5-6(7)9-8/h6,8H,2-5,7H2,1H3. The molecule has 0 spiro atoms. The van der Waals surface area contributed by atoms with Crippen molar-refractivity contribution < 1.29 is 10.1 Å². The van der Waals surface area contributed by atoms with E-state index >= 15 is 0 Å². The molecule has 0 aromatic heterocycles. The van der Waals surface area contributed by atoms with Crippen LogP contribution in [-0.4, -0.2) is 11.5 Å². The van der Waals surface area contributed by atoms with Gasteiger partial charge >= 0.3 is 0 Å². The van der Waals surface area contributed by atoms with Crippen LogP contribution in [0.15, 0.2) is 0 Å². The van der Waals surface area contributed by atoms with Crippen LogP contribution < -0.4 is 5.73 Å². The second-order valence-electron chi connectivity index (χ2n) is 2.14. The zero-order valence-electron chi connectivity index (χ0n) is 5.84. The summed E-state index contributed by atoms with van der Waals surface area (Å²) < 4.78 is 0. The molecule has 0 aliphatic carbocycles. The zero-order valence-corrected chi connectivity index (χ0v) is 5.84. The van der Waals surface area contributed by atoms with E-state index in [0.29, 0.717) is 0 Å². The highest BCUT2D eigenvalue weighted by Gasteiger charge is 1.98. The largest absolute Gasteiger partial charge is 0.303 e. The van der Waals surface area contributed by atoms with Crippen LogP contribution in [-0.2, 0) is 4.89 Å². The molecular weight excluding hydrogens is 118 g/mol. The summed E-state index contributed by atoms with van der Waals surface area (Å²) in [6.45, 7) is 2.12. The minimum Gasteiger partial charge on any atom is -0.303 e. The molecule has 0 heterocycles.